The highest BCUT2D eigenvalue weighted by Gasteiger charge is 2.19. The van der Waals surface area contributed by atoms with Crippen LogP contribution in [0, 0.1) is 0 Å². The van der Waals surface area contributed by atoms with Crippen LogP contribution in [0.1, 0.15) is 13.8 Å². The van der Waals surface area contributed by atoms with E-state index in [4.69, 9.17) is 4.74 Å². The van der Waals surface area contributed by atoms with Gasteiger partial charge in [-0.1, -0.05) is 48.5 Å². The van der Waals surface area contributed by atoms with Crippen LogP contribution in [-0.2, 0) is 4.74 Å². The van der Waals surface area contributed by atoms with Crippen molar-refractivity contribution >= 4 is 13.5 Å². The smallest absolute Gasteiger partial charge is 0.0437 e. The molecular formula is C16H20OS. The summed E-state index contributed by atoms with van der Waals surface area (Å²) in [7, 11) is 0. The molecule has 2 aromatic rings. The molecule has 0 atom stereocenters. The maximum Gasteiger partial charge on any atom is 0.0437 e. The fraction of sp³-hybridized carbons (Fsp3) is 0.250. The SMILES string of the molecule is CCOCC.S.c1ccc2c(c1)-c1ccccc1-2. The van der Waals surface area contributed by atoms with Crippen molar-refractivity contribution in [2.24, 2.45) is 0 Å². The summed E-state index contributed by atoms with van der Waals surface area (Å²) < 4.78 is 4.83. The quantitative estimate of drug-likeness (QED) is 0.659. The summed E-state index contributed by atoms with van der Waals surface area (Å²) in [6.45, 7) is 5.67. The number of hydrogen-bond acceptors (Lipinski definition) is 1. The van der Waals surface area contributed by atoms with E-state index in [9.17, 15) is 0 Å². The molecule has 0 unspecified atom stereocenters. The van der Waals surface area contributed by atoms with Crippen LogP contribution in [0.2, 0.25) is 0 Å². The van der Waals surface area contributed by atoms with Crippen molar-refractivity contribution in [1.29, 1.82) is 0 Å². The van der Waals surface area contributed by atoms with Gasteiger partial charge in [0.05, 0.1) is 0 Å². The van der Waals surface area contributed by atoms with Gasteiger partial charge in [0, 0.05) is 13.2 Å². The van der Waals surface area contributed by atoms with E-state index in [1.165, 1.54) is 22.3 Å². The lowest BCUT2D eigenvalue weighted by Crippen LogP contribution is -1.96. The number of hydrogen-bond donors (Lipinski definition) is 0. The molecule has 0 aliphatic heterocycles. The Balaban J connectivity index is 0.000000238. The third kappa shape index (κ3) is 2.95. The summed E-state index contributed by atoms with van der Waals surface area (Å²) in [5, 5.41) is 0. The average molecular weight is 260 g/mol. The van der Waals surface area contributed by atoms with Crippen molar-refractivity contribution < 1.29 is 4.74 Å². The molecular weight excluding hydrogens is 240 g/mol. The van der Waals surface area contributed by atoms with Crippen molar-refractivity contribution in [2.75, 3.05) is 13.2 Å². The van der Waals surface area contributed by atoms with Crippen LogP contribution < -0.4 is 0 Å². The predicted octanol–water partition coefficient (Wildman–Crippen LogP) is 4.49. The van der Waals surface area contributed by atoms with E-state index in [2.05, 4.69) is 48.5 Å². The molecule has 1 nitrogen and oxygen atoms in total. The molecule has 0 fully saturated rings. The lowest BCUT2D eigenvalue weighted by atomic mass is 9.81. The number of rotatable bonds is 2. The highest BCUT2D eigenvalue weighted by atomic mass is 32.1. The Labute approximate surface area is 116 Å². The standard InChI is InChI=1S/C12H8.C4H10O.H2S/c1-2-6-10-9(5-1)11-7-3-4-8-12(10)11;1-3-5-4-2;/h1-8H;3-4H2,1-2H3;1H2. The van der Waals surface area contributed by atoms with Crippen LogP contribution in [0.5, 0.6) is 0 Å². The zero-order valence-corrected chi connectivity index (χ0v) is 11.9. The summed E-state index contributed by atoms with van der Waals surface area (Å²) in [5.74, 6) is 0. The van der Waals surface area contributed by atoms with Gasteiger partial charge in [0.2, 0.25) is 0 Å². The Morgan fingerprint density at radius 2 is 0.944 bits per heavy atom. The third-order valence-electron chi connectivity index (χ3n) is 2.84. The molecule has 0 heterocycles. The van der Waals surface area contributed by atoms with Crippen LogP contribution >= 0.6 is 13.5 Å². The van der Waals surface area contributed by atoms with Gasteiger partial charge in [0.1, 0.15) is 0 Å². The summed E-state index contributed by atoms with van der Waals surface area (Å²) >= 11 is 0. The highest BCUT2D eigenvalue weighted by molar-refractivity contribution is 7.59. The highest BCUT2D eigenvalue weighted by Crippen LogP contribution is 2.46. The Morgan fingerprint density at radius 1 is 0.667 bits per heavy atom. The first-order valence-corrected chi connectivity index (χ1v) is 6.15. The number of fused-ring (bicyclic) bond motifs is 4. The molecule has 3 rings (SSSR count). The fourth-order valence-corrected chi connectivity index (χ4v) is 2.05. The second kappa shape index (κ2) is 7.24. The molecule has 18 heavy (non-hydrogen) atoms. The van der Waals surface area contributed by atoms with Gasteiger partial charge >= 0.3 is 0 Å². The lowest BCUT2D eigenvalue weighted by Gasteiger charge is -2.22. The average Bonchev–Trinajstić information content (AvgIpc) is 2.38. The first-order valence-electron chi connectivity index (χ1n) is 6.15. The zero-order chi connectivity index (χ0) is 12.1. The van der Waals surface area contributed by atoms with Crippen LogP contribution in [0.3, 0.4) is 0 Å². The van der Waals surface area contributed by atoms with E-state index in [-0.39, 0.29) is 13.5 Å². The number of ether oxygens (including phenoxy) is 1. The Bertz CT molecular complexity index is 392. The first kappa shape index (κ1) is 14.8. The molecule has 0 saturated carbocycles. The van der Waals surface area contributed by atoms with E-state index < -0.39 is 0 Å². The van der Waals surface area contributed by atoms with E-state index in [1.54, 1.807) is 0 Å². The Hall–Kier alpha value is -1.25. The van der Waals surface area contributed by atoms with E-state index >= 15 is 0 Å². The Kier molecular flexibility index (Phi) is 5.96. The van der Waals surface area contributed by atoms with E-state index in [1.807, 2.05) is 13.8 Å². The van der Waals surface area contributed by atoms with E-state index in [0.717, 1.165) is 13.2 Å². The second-order valence-electron chi connectivity index (χ2n) is 3.87. The molecule has 0 bridgehead atoms. The summed E-state index contributed by atoms with van der Waals surface area (Å²) in [5.41, 5.74) is 5.59. The molecule has 0 amide bonds. The zero-order valence-electron chi connectivity index (χ0n) is 10.9. The monoisotopic (exact) mass is 260 g/mol. The van der Waals surface area contributed by atoms with Crippen molar-refractivity contribution in [3.63, 3.8) is 0 Å². The van der Waals surface area contributed by atoms with Crippen LogP contribution in [0.15, 0.2) is 48.5 Å². The first-order chi connectivity index (χ1) is 8.38. The predicted molar refractivity (Wildman–Crippen MR) is 83.4 cm³/mol. The van der Waals surface area contributed by atoms with Crippen LogP contribution in [0.4, 0.5) is 0 Å². The van der Waals surface area contributed by atoms with Crippen molar-refractivity contribution in [3.05, 3.63) is 48.5 Å². The Morgan fingerprint density at radius 3 is 1.11 bits per heavy atom. The van der Waals surface area contributed by atoms with Gasteiger partial charge in [0.15, 0.2) is 0 Å². The normalized spacial score (nSPS) is 9.89. The maximum atomic E-state index is 4.83. The maximum absolute atomic E-state index is 4.83. The third-order valence-corrected chi connectivity index (χ3v) is 2.84. The fourth-order valence-electron chi connectivity index (χ4n) is 2.05. The van der Waals surface area contributed by atoms with Gasteiger partial charge < -0.3 is 4.74 Å². The molecule has 2 aromatic carbocycles. The largest absolute Gasteiger partial charge is 0.382 e. The minimum Gasteiger partial charge on any atom is -0.382 e. The molecule has 0 spiro atoms. The molecule has 0 saturated heterocycles. The molecule has 0 aromatic heterocycles. The summed E-state index contributed by atoms with van der Waals surface area (Å²) in [6.07, 6.45) is 0. The molecule has 0 radical (unpaired) electrons. The molecule has 1 aliphatic rings. The summed E-state index contributed by atoms with van der Waals surface area (Å²) in [6, 6.07) is 17.1. The van der Waals surface area contributed by atoms with Gasteiger partial charge in [0.25, 0.3) is 0 Å². The van der Waals surface area contributed by atoms with Gasteiger partial charge in [-0.05, 0) is 36.1 Å². The lowest BCUT2D eigenvalue weighted by molar-refractivity contribution is 0.162. The van der Waals surface area contributed by atoms with Gasteiger partial charge in [-0.15, -0.1) is 0 Å². The second-order valence-corrected chi connectivity index (χ2v) is 3.87. The van der Waals surface area contributed by atoms with Crippen molar-refractivity contribution in [3.8, 4) is 22.3 Å². The minimum absolute atomic E-state index is 0. The van der Waals surface area contributed by atoms with Crippen LogP contribution in [-0.4, -0.2) is 13.2 Å². The van der Waals surface area contributed by atoms with Gasteiger partial charge in [-0.25, -0.2) is 0 Å². The molecule has 96 valence electrons. The minimum atomic E-state index is 0. The van der Waals surface area contributed by atoms with Gasteiger partial charge in [-0.2, -0.15) is 13.5 Å². The molecule has 1 aliphatic carbocycles. The number of benzene rings is 2. The molecule has 2 heteroatoms. The topological polar surface area (TPSA) is 9.23 Å². The van der Waals surface area contributed by atoms with Crippen LogP contribution in [0.25, 0.3) is 22.3 Å². The van der Waals surface area contributed by atoms with Crippen molar-refractivity contribution in [2.45, 2.75) is 13.8 Å². The summed E-state index contributed by atoms with van der Waals surface area (Å²) in [4.78, 5) is 0. The molecule has 0 N–H and O–H groups in total. The van der Waals surface area contributed by atoms with Crippen molar-refractivity contribution in [1.82, 2.24) is 0 Å². The van der Waals surface area contributed by atoms with Gasteiger partial charge in [-0.3, -0.25) is 0 Å². The van der Waals surface area contributed by atoms with E-state index in [0.29, 0.717) is 0 Å².